The maximum atomic E-state index is 12.4. The van der Waals surface area contributed by atoms with Gasteiger partial charge in [-0.2, -0.15) is 5.26 Å². The van der Waals surface area contributed by atoms with E-state index in [1.807, 2.05) is 6.07 Å². The first kappa shape index (κ1) is 21.1. The molecule has 1 unspecified atom stereocenters. The lowest BCUT2D eigenvalue weighted by molar-refractivity contribution is -0.111. The summed E-state index contributed by atoms with van der Waals surface area (Å²) in [6, 6.07) is 5.92. The summed E-state index contributed by atoms with van der Waals surface area (Å²) in [6.45, 7) is 1.95. The number of nitrogens with one attached hydrogen (secondary N) is 1. The largest absolute Gasteiger partial charge is 0.449 e. The third kappa shape index (κ3) is 5.12. The standard InChI is InChI=1S/C23H24N4O3S/c24-13-19-18-7-5-17(15-30-23(29)27-10-1-2-11-27)12-20(18)31-22(19)26-21(28)8-6-16-4-3-9-25-14-16/h3-4,6,8-9,14,17H,1-2,5,7,10-12,15H2,(H,26,28)/b8-6+. The number of thiophene rings is 1. The Kier molecular flexibility index (Phi) is 6.63. The van der Waals surface area contributed by atoms with E-state index in [1.54, 1.807) is 29.4 Å². The van der Waals surface area contributed by atoms with Crippen LogP contribution in [-0.4, -0.2) is 41.6 Å². The van der Waals surface area contributed by atoms with Crippen LogP contribution in [-0.2, 0) is 22.4 Å². The number of carbonyl (C=O) groups is 2. The Labute approximate surface area is 185 Å². The zero-order valence-corrected chi connectivity index (χ0v) is 18.0. The molecule has 3 heterocycles. The third-order valence-corrected chi connectivity index (χ3v) is 6.80. The molecule has 1 saturated heterocycles. The zero-order valence-electron chi connectivity index (χ0n) is 17.2. The van der Waals surface area contributed by atoms with E-state index >= 15 is 0 Å². The molecule has 1 atom stereocenters. The Morgan fingerprint density at radius 3 is 2.97 bits per heavy atom. The quantitative estimate of drug-likeness (QED) is 0.715. The number of ether oxygens (including phenoxy) is 1. The van der Waals surface area contributed by atoms with Crippen LogP contribution in [0.4, 0.5) is 9.80 Å². The smallest absolute Gasteiger partial charge is 0.409 e. The van der Waals surface area contributed by atoms with Crippen molar-refractivity contribution in [3.05, 3.63) is 52.2 Å². The van der Waals surface area contributed by atoms with Crippen molar-refractivity contribution >= 4 is 34.4 Å². The number of hydrogen-bond donors (Lipinski definition) is 1. The molecule has 2 aromatic rings. The van der Waals surface area contributed by atoms with E-state index in [9.17, 15) is 14.9 Å². The van der Waals surface area contributed by atoms with Gasteiger partial charge in [-0.1, -0.05) is 6.07 Å². The summed E-state index contributed by atoms with van der Waals surface area (Å²) in [7, 11) is 0. The van der Waals surface area contributed by atoms with Crippen molar-refractivity contribution in [3.8, 4) is 6.07 Å². The summed E-state index contributed by atoms with van der Waals surface area (Å²) in [5, 5.41) is 13.1. The number of pyridine rings is 1. The summed E-state index contributed by atoms with van der Waals surface area (Å²) in [5.74, 6) is -0.0479. The molecule has 8 heteroatoms. The van der Waals surface area contributed by atoms with Gasteiger partial charge in [0.15, 0.2) is 0 Å². The molecule has 160 valence electrons. The Morgan fingerprint density at radius 1 is 1.39 bits per heavy atom. The first-order chi connectivity index (χ1) is 15.1. The van der Waals surface area contributed by atoms with E-state index in [2.05, 4.69) is 16.4 Å². The number of rotatable bonds is 5. The molecule has 1 fully saturated rings. The van der Waals surface area contributed by atoms with Crippen molar-refractivity contribution in [3.63, 3.8) is 0 Å². The van der Waals surface area contributed by atoms with Gasteiger partial charge in [0, 0.05) is 36.4 Å². The van der Waals surface area contributed by atoms with Crippen LogP contribution < -0.4 is 5.32 Å². The Hall–Kier alpha value is -3.18. The van der Waals surface area contributed by atoms with Crippen LogP contribution in [0.3, 0.4) is 0 Å². The molecule has 0 spiro atoms. The van der Waals surface area contributed by atoms with Crippen molar-refractivity contribution in [1.82, 2.24) is 9.88 Å². The average Bonchev–Trinajstić information content (AvgIpc) is 3.44. The number of carbonyl (C=O) groups excluding carboxylic acids is 2. The fourth-order valence-electron chi connectivity index (χ4n) is 3.98. The summed E-state index contributed by atoms with van der Waals surface area (Å²) in [6.07, 6.45) is 10.7. The molecule has 0 aromatic carbocycles. The molecule has 31 heavy (non-hydrogen) atoms. The first-order valence-electron chi connectivity index (χ1n) is 10.5. The molecule has 7 nitrogen and oxygen atoms in total. The average molecular weight is 437 g/mol. The Balaban J connectivity index is 1.37. The van der Waals surface area contributed by atoms with Crippen molar-refractivity contribution < 1.29 is 14.3 Å². The highest BCUT2D eigenvalue weighted by Gasteiger charge is 2.28. The number of hydrogen-bond acceptors (Lipinski definition) is 6. The summed E-state index contributed by atoms with van der Waals surface area (Å²) >= 11 is 1.45. The van der Waals surface area contributed by atoms with E-state index < -0.39 is 0 Å². The maximum Gasteiger partial charge on any atom is 0.409 e. The highest BCUT2D eigenvalue weighted by Crippen LogP contribution is 2.39. The number of amides is 2. The van der Waals surface area contributed by atoms with Gasteiger partial charge in [0.2, 0.25) is 5.91 Å². The molecule has 0 radical (unpaired) electrons. The van der Waals surface area contributed by atoms with Crippen molar-refractivity contribution in [1.29, 1.82) is 5.26 Å². The number of likely N-dealkylation sites (tertiary alicyclic amines) is 1. The van der Waals surface area contributed by atoms with Crippen molar-refractivity contribution in [2.75, 3.05) is 25.0 Å². The van der Waals surface area contributed by atoms with Crippen LogP contribution in [0.1, 0.15) is 40.8 Å². The van der Waals surface area contributed by atoms with Crippen LogP contribution in [0.2, 0.25) is 0 Å². The van der Waals surface area contributed by atoms with Gasteiger partial charge < -0.3 is 15.0 Å². The summed E-state index contributed by atoms with van der Waals surface area (Å²) < 4.78 is 5.53. The maximum absolute atomic E-state index is 12.4. The molecule has 2 aromatic heterocycles. The van der Waals surface area contributed by atoms with E-state index in [0.29, 0.717) is 17.2 Å². The van der Waals surface area contributed by atoms with Crippen LogP contribution in [0, 0.1) is 17.2 Å². The minimum absolute atomic E-state index is 0.222. The van der Waals surface area contributed by atoms with E-state index in [0.717, 1.165) is 61.2 Å². The monoisotopic (exact) mass is 436 g/mol. The number of anilines is 1. The number of nitrogens with zero attached hydrogens (tertiary/aromatic N) is 3. The fraction of sp³-hybridized carbons (Fsp3) is 0.391. The number of fused-ring (bicyclic) bond motifs is 1. The molecular formula is C23H24N4O3S. The number of aromatic nitrogens is 1. The molecule has 0 bridgehead atoms. The van der Waals surface area contributed by atoms with Gasteiger partial charge in [0.25, 0.3) is 0 Å². The van der Waals surface area contributed by atoms with Gasteiger partial charge in [-0.05, 0) is 61.3 Å². The highest BCUT2D eigenvalue weighted by molar-refractivity contribution is 7.16. The normalized spacial score (nSPS) is 17.9. The summed E-state index contributed by atoms with van der Waals surface area (Å²) in [4.78, 5) is 31.4. The Bertz CT molecular complexity index is 1020. The van der Waals surface area contributed by atoms with Gasteiger partial charge in [-0.15, -0.1) is 11.3 Å². The van der Waals surface area contributed by atoms with E-state index in [1.165, 1.54) is 17.4 Å². The molecule has 1 aliphatic carbocycles. The van der Waals surface area contributed by atoms with Gasteiger partial charge in [0.05, 0.1) is 12.2 Å². The van der Waals surface area contributed by atoms with E-state index in [-0.39, 0.29) is 17.9 Å². The van der Waals surface area contributed by atoms with Crippen LogP contribution in [0.25, 0.3) is 6.08 Å². The van der Waals surface area contributed by atoms with Crippen LogP contribution >= 0.6 is 11.3 Å². The second-order valence-electron chi connectivity index (χ2n) is 7.81. The zero-order chi connectivity index (χ0) is 21.6. The van der Waals surface area contributed by atoms with Crippen LogP contribution in [0.15, 0.2) is 30.6 Å². The first-order valence-corrected chi connectivity index (χ1v) is 11.3. The van der Waals surface area contributed by atoms with Gasteiger partial charge >= 0.3 is 6.09 Å². The van der Waals surface area contributed by atoms with Gasteiger partial charge in [-0.3, -0.25) is 9.78 Å². The highest BCUT2D eigenvalue weighted by atomic mass is 32.1. The fourth-order valence-corrected chi connectivity index (χ4v) is 5.30. The lowest BCUT2D eigenvalue weighted by Gasteiger charge is -2.23. The van der Waals surface area contributed by atoms with Crippen molar-refractivity contribution in [2.45, 2.75) is 32.1 Å². The topological polar surface area (TPSA) is 95.3 Å². The third-order valence-electron chi connectivity index (χ3n) is 5.63. The van der Waals surface area contributed by atoms with Crippen LogP contribution in [0.5, 0.6) is 0 Å². The second-order valence-corrected chi connectivity index (χ2v) is 8.91. The van der Waals surface area contributed by atoms with Gasteiger partial charge in [-0.25, -0.2) is 4.79 Å². The molecule has 0 saturated carbocycles. The summed E-state index contributed by atoms with van der Waals surface area (Å²) in [5.41, 5.74) is 2.40. The molecule has 4 rings (SSSR count). The molecule has 1 aliphatic heterocycles. The molecule has 2 amide bonds. The Morgan fingerprint density at radius 2 is 2.23 bits per heavy atom. The van der Waals surface area contributed by atoms with E-state index in [4.69, 9.17) is 4.74 Å². The second kappa shape index (κ2) is 9.75. The molecular weight excluding hydrogens is 412 g/mol. The van der Waals surface area contributed by atoms with Crippen molar-refractivity contribution in [2.24, 2.45) is 5.92 Å². The predicted molar refractivity (Wildman–Crippen MR) is 119 cm³/mol. The minimum atomic E-state index is -0.282. The van der Waals surface area contributed by atoms with Gasteiger partial charge in [0.1, 0.15) is 11.1 Å². The molecule has 1 N–H and O–H groups in total. The lowest BCUT2D eigenvalue weighted by Crippen LogP contribution is -2.30. The predicted octanol–water partition coefficient (Wildman–Crippen LogP) is 4.00. The lowest BCUT2D eigenvalue weighted by atomic mass is 9.88. The SMILES string of the molecule is N#Cc1c(NC(=O)/C=C/c2cccnc2)sc2c1CCC(COC(=O)N1CCCC1)C2. The molecule has 2 aliphatic rings. The number of nitriles is 1. The minimum Gasteiger partial charge on any atom is -0.449 e.